The quantitative estimate of drug-likeness (QED) is 0.711. The first-order chi connectivity index (χ1) is 9.60. The highest BCUT2D eigenvalue weighted by Gasteiger charge is 2.23. The van der Waals surface area contributed by atoms with Gasteiger partial charge in [0.1, 0.15) is 0 Å². The second kappa shape index (κ2) is 5.40. The van der Waals surface area contributed by atoms with Crippen LogP contribution >= 0.6 is 27.5 Å². The lowest BCUT2D eigenvalue weighted by Crippen LogP contribution is -2.20. The number of benzene rings is 1. The van der Waals surface area contributed by atoms with E-state index in [1.54, 1.807) is 0 Å². The highest BCUT2D eigenvalue weighted by Crippen LogP contribution is 2.39. The summed E-state index contributed by atoms with van der Waals surface area (Å²) in [5.41, 5.74) is 1.53. The third-order valence-electron chi connectivity index (χ3n) is 4.03. The number of aliphatic hydroxyl groups excluding tert-OH is 1. The fraction of sp³-hybridized carbons (Fsp3) is 0.400. The van der Waals surface area contributed by atoms with Crippen LogP contribution in [0.2, 0.25) is 5.02 Å². The second-order valence-corrected chi connectivity index (χ2v) is 6.54. The Morgan fingerprint density at radius 2 is 2.00 bits per heavy atom. The van der Waals surface area contributed by atoms with Gasteiger partial charge in [0.25, 0.3) is 0 Å². The van der Waals surface area contributed by atoms with E-state index in [2.05, 4.69) is 31.5 Å². The summed E-state index contributed by atoms with van der Waals surface area (Å²) in [6.45, 7) is 7.15. The molecule has 0 aliphatic heterocycles. The van der Waals surface area contributed by atoms with Gasteiger partial charge in [-0.05, 0) is 53.7 Å². The maximum atomic E-state index is 9.63. The molecule has 3 nitrogen and oxygen atoms in total. The van der Waals surface area contributed by atoms with Crippen molar-refractivity contribution in [3.8, 4) is 0 Å². The summed E-state index contributed by atoms with van der Waals surface area (Å²) in [5.74, 6) is 0. The van der Waals surface area contributed by atoms with E-state index >= 15 is 0 Å². The lowest BCUT2D eigenvalue weighted by molar-refractivity contribution is 0.111. The Labute approximate surface area is 131 Å². The molecule has 1 fully saturated rings. The molecule has 0 unspecified atom stereocenters. The third-order valence-corrected chi connectivity index (χ3v) is 4.97. The van der Waals surface area contributed by atoms with Gasteiger partial charge in [-0.15, -0.1) is 0 Å². The number of rotatable bonds is 1. The number of fused-ring (bicyclic) bond motifs is 1. The molecule has 1 aromatic heterocycles. The minimum atomic E-state index is -0.158. The Balaban J connectivity index is 2.08. The average molecular weight is 354 g/mol. The number of nitrogens with zero attached hydrogens (tertiary/aromatic N) is 2. The van der Waals surface area contributed by atoms with Crippen LogP contribution in [0.25, 0.3) is 15.7 Å². The molecule has 5 heteroatoms. The van der Waals surface area contributed by atoms with E-state index in [9.17, 15) is 5.11 Å². The predicted molar refractivity (Wildman–Crippen MR) is 84.4 cm³/mol. The number of aliphatic hydroxyl groups is 1. The molecule has 0 atom stereocenters. The van der Waals surface area contributed by atoms with Gasteiger partial charge < -0.3 is 9.67 Å². The number of halogens is 2. The molecule has 0 radical (unpaired) electrons. The van der Waals surface area contributed by atoms with Crippen molar-refractivity contribution in [3.63, 3.8) is 0 Å². The van der Waals surface area contributed by atoms with E-state index in [1.807, 2.05) is 12.1 Å². The molecule has 1 N–H and O–H groups in total. The number of hydrogen-bond donors (Lipinski definition) is 1. The molecule has 0 saturated heterocycles. The molecule has 3 rings (SSSR count). The Morgan fingerprint density at radius 1 is 1.30 bits per heavy atom. The van der Waals surface area contributed by atoms with Crippen LogP contribution in [0.3, 0.4) is 0 Å². The zero-order valence-corrected chi connectivity index (χ0v) is 13.2. The monoisotopic (exact) mass is 352 g/mol. The van der Waals surface area contributed by atoms with Gasteiger partial charge in [-0.1, -0.05) is 11.6 Å². The Hall–Kier alpha value is -1.02. The van der Waals surface area contributed by atoms with Crippen LogP contribution in [0, 0.1) is 6.57 Å². The van der Waals surface area contributed by atoms with Crippen molar-refractivity contribution < 1.29 is 5.11 Å². The lowest BCUT2D eigenvalue weighted by Gasteiger charge is -2.27. The molecular weight excluding hydrogens is 340 g/mol. The molecule has 0 amide bonds. The summed E-state index contributed by atoms with van der Waals surface area (Å²) in [4.78, 5) is 3.45. The fourth-order valence-corrected chi connectivity index (χ4v) is 3.68. The van der Waals surface area contributed by atoms with Gasteiger partial charge in [0.15, 0.2) is 0 Å². The van der Waals surface area contributed by atoms with E-state index in [0.29, 0.717) is 16.8 Å². The first-order valence-electron chi connectivity index (χ1n) is 6.65. The standard InChI is InChI=1S/C15H14BrClN2O/c1-18-14-6-11-12(16)8-19(15(11)7-13(14)17)9-2-4-10(20)5-3-9/h6-10,20H,2-5H2. The molecular formula is C15H14BrClN2O. The first kappa shape index (κ1) is 13.9. The van der Waals surface area contributed by atoms with Gasteiger partial charge in [0, 0.05) is 32.6 Å². The van der Waals surface area contributed by atoms with Crippen molar-refractivity contribution in [2.24, 2.45) is 0 Å². The van der Waals surface area contributed by atoms with Crippen molar-refractivity contribution in [2.45, 2.75) is 37.8 Å². The highest BCUT2D eigenvalue weighted by molar-refractivity contribution is 9.10. The van der Waals surface area contributed by atoms with E-state index < -0.39 is 0 Å². The Kier molecular flexibility index (Phi) is 3.76. The zero-order valence-electron chi connectivity index (χ0n) is 10.8. The summed E-state index contributed by atoms with van der Waals surface area (Å²) < 4.78 is 3.21. The Morgan fingerprint density at radius 3 is 2.65 bits per heavy atom. The molecule has 1 heterocycles. The molecule has 0 spiro atoms. The van der Waals surface area contributed by atoms with Crippen LogP contribution in [0.5, 0.6) is 0 Å². The molecule has 1 aliphatic rings. The van der Waals surface area contributed by atoms with Gasteiger partial charge in [-0.2, -0.15) is 0 Å². The second-order valence-electron chi connectivity index (χ2n) is 5.28. The van der Waals surface area contributed by atoms with Gasteiger partial charge in [-0.3, -0.25) is 0 Å². The van der Waals surface area contributed by atoms with Crippen molar-refractivity contribution in [2.75, 3.05) is 0 Å². The molecule has 2 aromatic rings. The van der Waals surface area contributed by atoms with E-state index in [4.69, 9.17) is 18.2 Å². The summed E-state index contributed by atoms with van der Waals surface area (Å²) in [7, 11) is 0. The van der Waals surface area contributed by atoms with Gasteiger partial charge in [0.05, 0.1) is 12.7 Å². The van der Waals surface area contributed by atoms with Crippen molar-refractivity contribution >= 4 is 44.1 Å². The summed E-state index contributed by atoms with van der Waals surface area (Å²) in [6.07, 6.45) is 5.54. The van der Waals surface area contributed by atoms with E-state index in [1.165, 1.54) is 0 Å². The molecule has 1 aromatic carbocycles. The molecule has 1 aliphatic carbocycles. The molecule has 104 valence electrons. The molecule has 20 heavy (non-hydrogen) atoms. The topological polar surface area (TPSA) is 29.5 Å². The summed E-state index contributed by atoms with van der Waals surface area (Å²) in [6, 6.07) is 4.10. The highest BCUT2D eigenvalue weighted by atomic mass is 79.9. The molecule has 1 saturated carbocycles. The van der Waals surface area contributed by atoms with Crippen molar-refractivity contribution in [1.82, 2.24) is 4.57 Å². The summed E-state index contributed by atoms with van der Waals surface area (Å²) in [5, 5.41) is 11.1. The average Bonchev–Trinajstić information content (AvgIpc) is 2.75. The minimum absolute atomic E-state index is 0.158. The lowest BCUT2D eigenvalue weighted by atomic mass is 9.93. The van der Waals surface area contributed by atoms with Crippen LogP contribution < -0.4 is 0 Å². The maximum absolute atomic E-state index is 9.63. The van der Waals surface area contributed by atoms with Crippen LogP contribution in [0.15, 0.2) is 22.8 Å². The van der Waals surface area contributed by atoms with Gasteiger partial charge >= 0.3 is 0 Å². The smallest absolute Gasteiger partial charge is 0.206 e. The van der Waals surface area contributed by atoms with Gasteiger partial charge in [-0.25, -0.2) is 4.85 Å². The van der Waals surface area contributed by atoms with Crippen molar-refractivity contribution in [3.05, 3.63) is 39.2 Å². The van der Waals surface area contributed by atoms with E-state index in [-0.39, 0.29) is 6.10 Å². The van der Waals surface area contributed by atoms with Gasteiger partial charge in [0.2, 0.25) is 5.69 Å². The van der Waals surface area contributed by atoms with Crippen LogP contribution in [0.4, 0.5) is 5.69 Å². The zero-order chi connectivity index (χ0) is 14.3. The van der Waals surface area contributed by atoms with Crippen LogP contribution in [0.1, 0.15) is 31.7 Å². The minimum Gasteiger partial charge on any atom is -0.393 e. The molecule has 0 bridgehead atoms. The maximum Gasteiger partial charge on any atom is 0.206 e. The van der Waals surface area contributed by atoms with Crippen molar-refractivity contribution in [1.29, 1.82) is 0 Å². The Bertz CT molecular complexity index is 696. The number of hydrogen-bond acceptors (Lipinski definition) is 1. The largest absolute Gasteiger partial charge is 0.393 e. The van der Waals surface area contributed by atoms with Crippen LogP contribution in [-0.2, 0) is 0 Å². The summed E-state index contributed by atoms with van der Waals surface area (Å²) >= 11 is 9.73. The normalized spacial score (nSPS) is 22.9. The van der Waals surface area contributed by atoms with Crippen LogP contribution in [-0.4, -0.2) is 15.8 Å². The third kappa shape index (κ3) is 2.35. The SMILES string of the molecule is [C-]#[N+]c1cc2c(Br)cn(C3CCC(O)CC3)c2cc1Cl. The van der Waals surface area contributed by atoms with E-state index in [0.717, 1.165) is 41.1 Å². The first-order valence-corrected chi connectivity index (χ1v) is 7.82. The number of aromatic nitrogens is 1. The fourth-order valence-electron chi connectivity index (χ4n) is 2.94. The predicted octanol–water partition coefficient (Wildman–Crippen LogP) is 5.08.